The van der Waals surface area contributed by atoms with Gasteiger partial charge in [-0.15, -0.1) is 0 Å². The Morgan fingerprint density at radius 2 is 1.86 bits per heavy atom. The van der Waals surface area contributed by atoms with Crippen LogP contribution in [0, 0.1) is 0 Å². The molecule has 0 aliphatic rings. The van der Waals surface area contributed by atoms with Gasteiger partial charge in [-0.05, 0) is 30.2 Å². The maximum atomic E-state index is 12.6. The van der Waals surface area contributed by atoms with Crippen molar-refractivity contribution in [2.24, 2.45) is 0 Å². The van der Waals surface area contributed by atoms with E-state index < -0.39 is 0 Å². The summed E-state index contributed by atoms with van der Waals surface area (Å²) in [4.78, 5) is 14.3. The second kappa shape index (κ2) is 9.08. The minimum absolute atomic E-state index is 0.0670. The summed E-state index contributed by atoms with van der Waals surface area (Å²) < 4.78 is 12.6. The van der Waals surface area contributed by atoms with Crippen molar-refractivity contribution in [1.82, 2.24) is 14.7 Å². The zero-order chi connectivity index (χ0) is 19.9. The van der Waals surface area contributed by atoms with Gasteiger partial charge in [0.25, 0.3) is 0 Å². The van der Waals surface area contributed by atoms with Gasteiger partial charge >= 0.3 is 0 Å². The molecule has 146 valence electrons. The number of rotatable bonds is 8. The maximum Gasteiger partial charge on any atom is 0.222 e. The molecule has 2 aromatic carbocycles. The third kappa shape index (κ3) is 4.52. The highest BCUT2D eigenvalue weighted by Gasteiger charge is 2.15. The molecule has 1 aromatic heterocycles. The molecule has 28 heavy (non-hydrogen) atoms. The SMILES string of the molecule is COc1cccc(CN(C)C(=O)CCc2cnn(-c3ccccc3)c2)c1OC. The molecule has 0 spiro atoms. The lowest BCUT2D eigenvalue weighted by Crippen LogP contribution is -2.26. The fourth-order valence-corrected chi connectivity index (χ4v) is 3.08. The van der Waals surface area contributed by atoms with E-state index in [9.17, 15) is 4.79 Å². The van der Waals surface area contributed by atoms with Crippen LogP contribution in [0.1, 0.15) is 17.5 Å². The molecule has 3 rings (SSSR count). The Morgan fingerprint density at radius 3 is 2.57 bits per heavy atom. The standard InChI is InChI=1S/C22H25N3O3/c1-24(16-18-8-7-11-20(27-2)22(18)28-3)21(26)13-12-17-14-23-25(15-17)19-9-5-4-6-10-19/h4-11,14-15H,12-13,16H2,1-3H3. The van der Waals surface area contributed by atoms with E-state index in [-0.39, 0.29) is 5.91 Å². The molecule has 6 nitrogen and oxygen atoms in total. The van der Waals surface area contributed by atoms with Crippen LogP contribution in [0.4, 0.5) is 0 Å². The summed E-state index contributed by atoms with van der Waals surface area (Å²) in [6, 6.07) is 15.6. The van der Waals surface area contributed by atoms with Gasteiger partial charge in [0.2, 0.25) is 5.91 Å². The number of hydrogen-bond donors (Lipinski definition) is 0. The van der Waals surface area contributed by atoms with Gasteiger partial charge in [0.15, 0.2) is 11.5 Å². The van der Waals surface area contributed by atoms with Crippen molar-refractivity contribution in [2.45, 2.75) is 19.4 Å². The molecule has 0 aliphatic heterocycles. The molecular formula is C22H25N3O3. The molecule has 0 saturated heterocycles. The number of benzene rings is 2. The van der Waals surface area contributed by atoms with E-state index in [2.05, 4.69) is 5.10 Å². The van der Waals surface area contributed by atoms with Crippen LogP contribution in [0.25, 0.3) is 5.69 Å². The zero-order valence-electron chi connectivity index (χ0n) is 16.5. The van der Waals surface area contributed by atoms with Crippen LogP contribution in [0.15, 0.2) is 60.9 Å². The number of para-hydroxylation sites is 2. The molecule has 0 N–H and O–H groups in total. The van der Waals surface area contributed by atoms with Crippen LogP contribution in [-0.4, -0.2) is 41.9 Å². The Bertz CT molecular complexity index is 922. The zero-order valence-corrected chi connectivity index (χ0v) is 16.5. The van der Waals surface area contributed by atoms with E-state index >= 15 is 0 Å². The number of carbonyl (C=O) groups excluding carboxylic acids is 1. The molecule has 0 saturated carbocycles. The van der Waals surface area contributed by atoms with Crippen molar-refractivity contribution in [1.29, 1.82) is 0 Å². The van der Waals surface area contributed by atoms with E-state index in [1.807, 2.05) is 65.6 Å². The van der Waals surface area contributed by atoms with Gasteiger partial charge in [0, 0.05) is 31.8 Å². The summed E-state index contributed by atoms with van der Waals surface area (Å²) in [5.41, 5.74) is 2.95. The number of aromatic nitrogens is 2. The maximum absolute atomic E-state index is 12.6. The van der Waals surface area contributed by atoms with Crippen molar-refractivity contribution in [3.8, 4) is 17.2 Å². The van der Waals surface area contributed by atoms with Crippen molar-refractivity contribution in [2.75, 3.05) is 21.3 Å². The molecule has 3 aromatic rings. The Balaban J connectivity index is 1.59. The molecule has 6 heteroatoms. The minimum atomic E-state index is 0.0670. The first kappa shape index (κ1) is 19.5. The highest BCUT2D eigenvalue weighted by atomic mass is 16.5. The fourth-order valence-electron chi connectivity index (χ4n) is 3.08. The number of ether oxygens (including phenoxy) is 2. The van der Waals surface area contributed by atoms with Gasteiger partial charge < -0.3 is 14.4 Å². The molecule has 0 bridgehead atoms. The monoisotopic (exact) mass is 379 g/mol. The normalized spacial score (nSPS) is 10.5. The minimum Gasteiger partial charge on any atom is -0.493 e. The van der Waals surface area contributed by atoms with Crippen molar-refractivity contribution in [3.63, 3.8) is 0 Å². The van der Waals surface area contributed by atoms with Crippen LogP contribution < -0.4 is 9.47 Å². The Labute approximate surface area is 165 Å². The van der Waals surface area contributed by atoms with Crippen LogP contribution in [0.5, 0.6) is 11.5 Å². The number of aryl methyl sites for hydroxylation is 1. The third-order valence-corrected chi connectivity index (χ3v) is 4.60. The topological polar surface area (TPSA) is 56.6 Å². The second-order valence-corrected chi connectivity index (χ2v) is 6.53. The average molecular weight is 379 g/mol. The summed E-state index contributed by atoms with van der Waals surface area (Å²) in [5, 5.41) is 4.38. The second-order valence-electron chi connectivity index (χ2n) is 6.53. The summed E-state index contributed by atoms with van der Waals surface area (Å²) in [7, 11) is 5.01. The number of methoxy groups -OCH3 is 2. The molecule has 0 radical (unpaired) electrons. The molecule has 0 fully saturated rings. The van der Waals surface area contributed by atoms with Crippen LogP contribution >= 0.6 is 0 Å². The largest absolute Gasteiger partial charge is 0.493 e. The van der Waals surface area contributed by atoms with E-state index in [0.717, 1.165) is 16.8 Å². The summed E-state index contributed by atoms with van der Waals surface area (Å²) in [6.45, 7) is 0.461. The van der Waals surface area contributed by atoms with Crippen LogP contribution in [0.3, 0.4) is 0 Å². The van der Waals surface area contributed by atoms with Gasteiger partial charge in [0.1, 0.15) is 0 Å². The third-order valence-electron chi connectivity index (χ3n) is 4.60. The van der Waals surface area contributed by atoms with Gasteiger partial charge in [-0.3, -0.25) is 4.79 Å². The van der Waals surface area contributed by atoms with E-state index in [0.29, 0.717) is 30.9 Å². The summed E-state index contributed by atoms with van der Waals surface area (Å²) >= 11 is 0. The number of carbonyl (C=O) groups is 1. The van der Waals surface area contributed by atoms with Gasteiger partial charge in [-0.1, -0.05) is 30.3 Å². The highest BCUT2D eigenvalue weighted by Crippen LogP contribution is 2.31. The number of amides is 1. The first-order chi connectivity index (χ1) is 13.6. The lowest BCUT2D eigenvalue weighted by Gasteiger charge is -2.20. The summed E-state index contributed by atoms with van der Waals surface area (Å²) in [6.07, 6.45) is 4.84. The molecule has 1 amide bonds. The lowest BCUT2D eigenvalue weighted by molar-refractivity contribution is -0.130. The highest BCUT2D eigenvalue weighted by molar-refractivity contribution is 5.76. The average Bonchev–Trinajstić information content (AvgIpc) is 3.21. The number of hydrogen-bond acceptors (Lipinski definition) is 4. The van der Waals surface area contributed by atoms with Crippen molar-refractivity contribution >= 4 is 5.91 Å². The molecule has 0 aliphatic carbocycles. The lowest BCUT2D eigenvalue weighted by atomic mass is 10.1. The molecule has 0 atom stereocenters. The molecule has 1 heterocycles. The van der Waals surface area contributed by atoms with Crippen LogP contribution in [0.2, 0.25) is 0 Å². The first-order valence-electron chi connectivity index (χ1n) is 9.15. The van der Waals surface area contributed by atoms with Gasteiger partial charge in [-0.2, -0.15) is 5.10 Å². The molecule has 0 unspecified atom stereocenters. The van der Waals surface area contributed by atoms with Crippen LogP contribution in [-0.2, 0) is 17.8 Å². The smallest absolute Gasteiger partial charge is 0.222 e. The van der Waals surface area contributed by atoms with E-state index in [1.165, 1.54) is 0 Å². The Morgan fingerprint density at radius 1 is 1.07 bits per heavy atom. The van der Waals surface area contributed by atoms with E-state index in [1.54, 1.807) is 26.2 Å². The number of nitrogens with zero attached hydrogens (tertiary/aromatic N) is 3. The predicted molar refractivity (Wildman–Crippen MR) is 108 cm³/mol. The van der Waals surface area contributed by atoms with E-state index in [4.69, 9.17) is 9.47 Å². The summed E-state index contributed by atoms with van der Waals surface area (Å²) in [5.74, 6) is 1.39. The molecular weight excluding hydrogens is 354 g/mol. The Kier molecular flexibility index (Phi) is 6.32. The predicted octanol–water partition coefficient (Wildman–Crippen LogP) is 3.48. The fraction of sp³-hybridized carbons (Fsp3) is 0.273. The van der Waals surface area contributed by atoms with Gasteiger partial charge in [0.05, 0.1) is 26.1 Å². The van der Waals surface area contributed by atoms with Crippen molar-refractivity contribution < 1.29 is 14.3 Å². The quantitative estimate of drug-likeness (QED) is 0.601. The Hall–Kier alpha value is -3.28. The van der Waals surface area contributed by atoms with Gasteiger partial charge in [-0.25, -0.2) is 4.68 Å². The first-order valence-corrected chi connectivity index (χ1v) is 9.15. The van der Waals surface area contributed by atoms with Crippen molar-refractivity contribution in [3.05, 3.63) is 72.1 Å².